The summed E-state index contributed by atoms with van der Waals surface area (Å²) < 4.78 is 13.2. The first-order valence-corrected chi connectivity index (χ1v) is 6.47. The molecule has 0 amide bonds. The summed E-state index contributed by atoms with van der Waals surface area (Å²) in [5.41, 5.74) is 0.625. The maximum Gasteiger partial charge on any atom is 0.141 e. The summed E-state index contributed by atoms with van der Waals surface area (Å²) >= 11 is 5.83. The van der Waals surface area contributed by atoms with E-state index >= 15 is 0 Å². The molecule has 1 atom stereocenters. The molecule has 0 aromatic heterocycles. The number of nitriles is 1. The van der Waals surface area contributed by atoms with Crippen LogP contribution in [0, 0.1) is 23.1 Å². The summed E-state index contributed by atoms with van der Waals surface area (Å²) in [7, 11) is 0. The molecule has 4 heteroatoms. The predicted octanol–water partition coefficient (Wildman–Crippen LogP) is 4.00. The minimum Gasteiger partial charge on any atom is -0.365 e. The number of hydrogen-bond donors (Lipinski definition) is 0. The fraction of sp³-hybridized carbons (Fsp3) is 0.500. The van der Waals surface area contributed by atoms with Gasteiger partial charge in [0.1, 0.15) is 5.82 Å². The van der Waals surface area contributed by atoms with Crippen LogP contribution in [-0.4, -0.2) is 12.1 Å². The molecule has 0 bridgehead atoms. The Kier molecular flexibility index (Phi) is 3.49. The van der Waals surface area contributed by atoms with Gasteiger partial charge in [-0.1, -0.05) is 11.6 Å². The largest absolute Gasteiger partial charge is 0.365 e. The SMILES string of the molecule is CC1(C)C(C#N)CCCN1c1ccc(F)c(Cl)c1. The molecule has 0 spiro atoms. The molecule has 1 aliphatic rings. The van der Waals surface area contributed by atoms with E-state index in [2.05, 4.69) is 24.8 Å². The Labute approximate surface area is 112 Å². The van der Waals surface area contributed by atoms with E-state index < -0.39 is 5.82 Å². The van der Waals surface area contributed by atoms with Gasteiger partial charge in [-0.15, -0.1) is 0 Å². The number of rotatable bonds is 1. The van der Waals surface area contributed by atoms with Crippen LogP contribution in [0.25, 0.3) is 0 Å². The summed E-state index contributed by atoms with van der Waals surface area (Å²) in [4.78, 5) is 2.15. The summed E-state index contributed by atoms with van der Waals surface area (Å²) in [6.07, 6.45) is 1.88. The summed E-state index contributed by atoms with van der Waals surface area (Å²) in [5, 5.41) is 9.35. The molecule has 0 saturated carbocycles. The standard InChI is InChI=1S/C14H16ClFN2/c1-14(2)10(9-17)4-3-7-18(14)11-5-6-13(16)12(15)8-11/h5-6,8,10H,3-4,7H2,1-2H3. The van der Waals surface area contributed by atoms with Crippen LogP contribution in [0.2, 0.25) is 5.02 Å². The van der Waals surface area contributed by atoms with E-state index in [0.717, 1.165) is 25.1 Å². The van der Waals surface area contributed by atoms with Crippen molar-refractivity contribution in [1.82, 2.24) is 0 Å². The van der Waals surface area contributed by atoms with Crippen molar-refractivity contribution in [3.05, 3.63) is 29.0 Å². The van der Waals surface area contributed by atoms with Gasteiger partial charge < -0.3 is 4.90 Å². The molecule has 1 saturated heterocycles. The Morgan fingerprint density at radius 1 is 1.50 bits per heavy atom. The first-order valence-electron chi connectivity index (χ1n) is 6.09. The highest BCUT2D eigenvalue weighted by atomic mass is 35.5. The second-order valence-corrected chi connectivity index (χ2v) is 5.63. The van der Waals surface area contributed by atoms with Crippen molar-refractivity contribution < 1.29 is 4.39 Å². The Hall–Kier alpha value is -1.27. The topological polar surface area (TPSA) is 27.0 Å². The number of halogens is 2. The van der Waals surface area contributed by atoms with E-state index in [-0.39, 0.29) is 16.5 Å². The molecule has 2 rings (SSSR count). The molecule has 18 heavy (non-hydrogen) atoms. The second kappa shape index (κ2) is 4.78. The van der Waals surface area contributed by atoms with Crippen molar-refractivity contribution in [2.75, 3.05) is 11.4 Å². The minimum atomic E-state index is -0.410. The molecule has 1 heterocycles. The molecule has 0 aliphatic carbocycles. The fourth-order valence-electron chi connectivity index (χ4n) is 2.62. The third-order valence-electron chi connectivity index (χ3n) is 3.79. The average Bonchev–Trinajstić information content (AvgIpc) is 2.32. The third-order valence-corrected chi connectivity index (χ3v) is 4.08. The van der Waals surface area contributed by atoms with Crippen molar-refractivity contribution in [3.8, 4) is 6.07 Å². The van der Waals surface area contributed by atoms with Crippen LogP contribution in [0.5, 0.6) is 0 Å². The molecule has 1 aromatic rings. The van der Waals surface area contributed by atoms with Crippen LogP contribution < -0.4 is 4.90 Å². The number of piperidine rings is 1. The van der Waals surface area contributed by atoms with Gasteiger partial charge in [0.25, 0.3) is 0 Å². The van der Waals surface area contributed by atoms with E-state index in [4.69, 9.17) is 11.6 Å². The number of nitrogens with zero attached hydrogens (tertiary/aromatic N) is 2. The number of benzene rings is 1. The van der Waals surface area contributed by atoms with E-state index in [1.165, 1.54) is 6.07 Å². The maximum atomic E-state index is 13.2. The lowest BCUT2D eigenvalue weighted by Gasteiger charge is -2.47. The van der Waals surface area contributed by atoms with Crippen molar-refractivity contribution in [2.24, 2.45) is 5.92 Å². The molecule has 1 unspecified atom stereocenters. The summed E-state index contributed by atoms with van der Waals surface area (Å²) in [6.45, 7) is 4.97. The molecule has 0 N–H and O–H groups in total. The fourth-order valence-corrected chi connectivity index (χ4v) is 2.80. The van der Waals surface area contributed by atoms with Crippen molar-refractivity contribution in [3.63, 3.8) is 0 Å². The lowest BCUT2D eigenvalue weighted by molar-refractivity contribution is 0.292. The highest BCUT2D eigenvalue weighted by Crippen LogP contribution is 2.37. The summed E-state index contributed by atoms with van der Waals surface area (Å²) in [5.74, 6) is -0.429. The van der Waals surface area contributed by atoms with Gasteiger partial charge in [0.15, 0.2) is 0 Å². The molecular formula is C14H16ClFN2. The van der Waals surface area contributed by atoms with Crippen LogP contribution >= 0.6 is 11.6 Å². The van der Waals surface area contributed by atoms with E-state index in [9.17, 15) is 9.65 Å². The number of hydrogen-bond acceptors (Lipinski definition) is 2. The van der Waals surface area contributed by atoms with Gasteiger partial charge in [-0.05, 0) is 44.9 Å². The Balaban J connectivity index is 2.37. The molecule has 1 aromatic carbocycles. The zero-order chi connectivity index (χ0) is 13.3. The normalized spacial score (nSPS) is 22.6. The van der Waals surface area contributed by atoms with Gasteiger partial charge in [-0.2, -0.15) is 5.26 Å². The quantitative estimate of drug-likeness (QED) is 0.768. The van der Waals surface area contributed by atoms with Gasteiger partial charge >= 0.3 is 0 Å². The van der Waals surface area contributed by atoms with Gasteiger partial charge in [0, 0.05) is 12.2 Å². The first kappa shape index (κ1) is 13.2. The van der Waals surface area contributed by atoms with Gasteiger partial charge in [0.2, 0.25) is 0 Å². The van der Waals surface area contributed by atoms with Crippen molar-refractivity contribution >= 4 is 17.3 Å². The zero-order valence-electron chi connectivity index (χ0n) is 10.6. The van der Waals surface area contributed by atoms with E-state index in [1.807, 2.05) is 0 Å². The molecular weight excluding hydrogens is 251 g/mol. The smallest absolute Gasteiger partial charge is 0.141 e. The zero-order valence-corrected chi connectivity index (χ0v) is 11.3. The molecule has 1 fully saturated rings. The third kappa shape index (κ3) is 2.18. The minimum absolute atomic E-state index is 0.0184. The lowest BCUT2D eigenvalue weighted by Crippen LogP contribution is -2.53. The van der Waals surface area contributed by atoms with Gasteiger partial charge in [0.05, 0.1) is 22.5 Å². The van der Waals surface area contributed by atoms with Crippen LogP contribution in [0.15, 0.2) is 18.2 Å². The van der Waals surface area contributed by atoms with Crippen LogP contribution in [-0.2, 0) is 0 Å². The predicted molar refractivity (Wildman–Crippen MR) is 71.2 cm³/mol. The van der Waals surface area contributed by atoms with Crippen LogP contribution in [0.4, 0.5) is 10.1 Å². The Morgan fingerprint density at radius 2 is 2.22 bits per heavy atom. The lowest BCUT2D eigenvalue weighted by atomic mass is 9.79. The van der Waals surface area contributed by atoms with Crippen LogP contribution in [0.3, 0.4) is 0 Å². The molecule has 96 valence electrons. The van der Waals surface area contributed by atoms with Crippen molar-refractivity contribution in [2.45, 2.75) is 32.2 Å². The van der Waals surface area contributed by atoms with Crippen molar-refractivity contribution in [1.29, 1.82) is 5.26 Å². The van der Waals surface area contributed by atoms with Crippen LogP contribution in [0.1, 0.15) is 26.7 Å². The van der Waals surface area contributed by atoms with Gasteiger partial charge in [-0.3, -0.25) is 0 Å². The second-order valence-electron chi connectivity index (χ2n) is 5.23. The average molecular weight is 267 g/mol. The Bertz CT molecular complexity index is 493. The maximum absolute atomic E-state index is 13.2. The monoisotopic (exact) mass is 266 g/mol. The highest BCUT2D eigenvalue weighted by Gasteiger charge is 2.38. The van der Waals surface area contributed by atoms with E-state index in [1.54, 1.807) is 12.1 Å². The first-order chi connectivity index (χ1) is 8.46. The summed E-state index contributed by atoms with van der Waals surface area (Å²) in [6, 6.07) is 7.11. The molecule has 2 nitrogen and oxygen atoms in total. The van der Waals surface area contributed by atoms with Gasteiger partial charge in [-0.25, -0.2) is 4.39 Å². The highest BCUT2D eigenvalue weighted by molar-refractivity contribution is 6.31. The molecule has 1 aliphatic heterocycles. The molecule has 0 radical (unpaired) electrons. The Morgan fingerprint density at radius 3 is 2.83 bits per heavy atom. The number of anilines is 1. The van der Waals surface area contributed by atoms with E-state index in [0.29, 0.717) is 0 Å².